The van der Waals surface area contributed by atoms with Gasteiger partial charge in [-0.05, 0) is 37.0 Å². The van der Waals surface area contributed by atoms with Crippen molar-refractivity contribution in [1.82, 2.24) is 9.80 Å². The van der Waals surface area contributed by atoms with Crippen LogP contribution in [0.15, 0.2) is 18.2 Å². The number of aromatic carboxylic acids is 1. The molecule has 1 aliphatic carbocycles. The fourth-order valence-electron chi connectivity index (χ4n) is 3.92. The average molecular weight is 376 g/mol. The summed E-state index contributed by atoms with van der Waals surface area (Å²) < 4.78 is 14.1. The normalized spacial score (nSPS) is 18.4. The first kappa shape index (κ1) is 19.3. The topological polar surface area (TPSA) is 77.9 Å². The van der Waals surface area contributed by atoms with Crippen LogP contribution in [0.25, 0.3) is 0 Å². The number of nitrogens with zero attached hydrogens (tertiary/aromatic N) is 2. The molecule has 1 heterocycles. The van der Waals surface area contributed by atoms with Gasteiger partial charge in [-0.2, -0.15) is 0 Å². The lowest BCUT2D eigenvalue weighted by molar-refractivity contribution is -0.133. The number of benzene rings is 1. The summed E-state index contributed by atoms with van der Waals surface area (Å²) in [5.41, 5.74) is -0.329. The minimum absolute atomic E-state index is 0.137. The van der Waals surface area contributed by atoms with Gasteiger partial charge in [-0.25, -0.2) is 9.18 Å². The highest BCUT2D eigenvalue weighted by atomic mass is 19.1. The number of piperazine rings is 1. The largest absolute Gasteiger partial charge is 0.478 e. The third-order valence-electron chi connectivity index (χ3n) is 5.55. The lowest BCUT2D eigenvalue weighted by atomic mass is 9.86. The number of carboxylic acid groups (broad SMARTS) is 1. The predicted molar refractivity (Wildman–Crippen MR) is 97.0 cm³/mol. The van der Waals surface area contributed by atoms with E-state index in [-0.39, 0.29) is 17.0 Å². The zero-order chi connectivity index (χ0) is 19.4. The van der Waals surface area contributed by atoms with E-state index in [1.54, 1.807) is 4.90 Å². The Hall–Kier alpha value is -2.44. The number of carboxylic acids is 1. The zero-order valence-corrected chi connectivity index (χ0v) is 15.3. The van der Waals surface area contributed by atoms with E-state index < -0.39 is 17.7 Å². The third kappa shape index (κ3) is 4.64. The van der Waals surface area contributed by atoms with E-state index in [1.807, 2.05) is 0 Å². The number of hydrogen-bond donors (Lipinski definition) is 1. The second-order valence-electron chi connectivity index (χ2n) is 7.38. The highest BCUT2D eigenvalue weighted by Gasteiger charge is 2.28. The molecule has 1 aromatic carbocycles. The Bertz CT molecular complexity index is 723. The second-order valence-corrected chi connectivity index (χ2v) is 7.38. The first-order valence-corrected chi connectivity index (χ1v) is 9.55. The molecule has 6 nitrogen and oxygen atoms in total. The van der Waals surface area contributed by atoms with Crippen molar-refractivity contribution in [2.75, 3.05) is 26.2 Å². The molecule has 1 N–H and O–H groups in total. The first-order chi connectivity index (χ1) is 13.0. The van der Waals surface area contributed by atoms with Crippen molar-refractivity contribution in [3.8, 4) is 0 Å². The number of hydrogen-bond acceptors (Lipinski definition) is 3. The third-order valence-corrected chi connectivity index (χ3v) is 5.55. The molecular formula is C20H25FN2O4. The Labute approximate surface area is 157 Å². The molecule has 0 unspecified atom stereocenters. The Morgan fingerprint density at radius 1 is 1.00 bits per heavy atom. The quantitative estimate of drug-likeness (QED) is 0.877. The van der Waals surface area contributed by atoms with Crippen LogP contribution in [0.2, 0.25) is 0 Å². The van der Waals surface area contributed by atoms with Crippen LogP contribution in [0.3, 0.4) is 0 Å². The summed E-state index contributed by atoms with van der Waals surface area (Å²) in [7, 11) is 0. The standard InChI is InChI=1S/C20H25FN2O4/c21-17-13-15(20(26)27)6-7-16(17)19(25)23-10-8-22(9-11-23)18(24)12-14-4-2-1-3-5-14/h6-7,13-14H,1-5,8-12H2,(H,26,27). The second kappa shape index (κ2) is 8.50. The molecule has 0 atom stereocenters. The molecule has 1 saturated carbocycles. The van der Waals surface area contributed by atoms with Crippen molar-refractivity contribution in [2.45, 2.75) is 38.5 Å². The van der Waals surface area contributed by atoms with Crippen molar-refractivity contribution in [2.24, 2.45) is 5.92 Å². The Balaban J connectivity index is 1.54. The number of carbonyl (C=O) groups is 3. The molecule has 27 heavy (non-hydrogen) atoms. The summed E-state index contributed by atoms with van der Waals surface area (Å²) in [5.74, 6) is -1.92. The molecule has 3 rings (SSSR count). The van der Waals surface area contributed by atoms with Gasteiger partial charge in [-0.1, -0.05) is 19.3 Å². The molecule has 2 amide bonds. The van der Waals surface area contributed by atoms with Gasteiger partial charge in [0.2, 0.25) is 5.91 Å². The molecule has 0 bridgehead atoms. The molecule has 0 aromatic heterocycles. The molecule has 146 valence electrons. The van der Waals surface area contributed by atoms with Gasteiger partial charge in [0, 0.05) is 32.6 Å². The van der Waals surface area contributed by atoms with Gasteiger partial charge in [0.1, 0.15) is 5.82 Å². The Morgan fingerprint density at radius 3 is 2.22 bits per heavy atom. The molecule has 2 fully saturated rings. The van der Waals surface area contributed by atoms with Crippen LogP contribution in [0.4, 0.5) is 4.39 Å². The molecule has 0 radical (unpaired) electrons. The summed E-state index contributed by atoms with van der Waals surface area (Å²) in [6.45, 7) is 1.61. The fourth-order valence-corrected chi connectivity index (χ4v) is 3.92. The number of rotatable bonds is 4. The van der Waals surface area contributed by atoms with Gasteiger partial charge >= 0.3 is 5.97 Å². The Kier molecular flexibility index (Phi) is 6.08. The number of halogens is 1. The maximum Gasteiger partial charge on any atom is 0.335 e. The Morgan fingerprint density at radius 2 is 1.63 bits per heavy atom. The van der Waals surface area contributed by atoms with E-state index in [0.29, 0.717) is 38.5 Å². The van der Waals surface area contributed by atoms with Crippen molar-refractivity contribution in [1.29, 1.82) is 0 Å². The van der Waals surface area contributed by atoms with Gasteiger partial charge in [0.15, 0.2) is 0 Å². The molecule has 1 aromatic rings. The minimum atomic E-state index is -1.24. The van der Waals surface area contributed by atoms with Crippen molar-refractivity contribution >= 4 is 17.8 Å². The summed E-state index contributed by atoms with van der Waals surface area (Å²) >= 11 is 0. The molecule has 0 spiro atoms. The number of amides is 2. The highest BCUT2D eigenvalue weighted by molar-refractivity contribution is 5.96. The van der Waals surface area contributed by atoms with Gasteiger partial charge in [0.25, 0.3) is 5.91 Å². The molecule has 1 aliphatic heterocycles. The van der Waals surface area contributed by atoms with Gasteiger partial charge in [-0.15, -0.1) is 0 Å². The molecular weight excluding hydrogens is 351 g/mol. The average Bonchev–Trinajstić information content (AvgIpc) is 2.68. The zero-order valence-electron chi connectivity index (χ0n) is 15.3. The van der Waals surface area contributed by atoms with E-state index >= 15 is 0 Å². The maximum absolute atomic E-state index is 14.1. The van der Waals surface area contributed by atoms with Gasteiger partial charge < -0.3 is 14.9 Å². The lowest BCUT2D eigenvalue weighted by Gasteiger charge is -2.35. The predicted octanol–water partition coefficient (Wildman–Crippen LogP) is 2.78. The lowest BCUT2D eigenvalue weighted by Crippen LogP contribution is -2.51. The highest BCUT2D eigenvalue weighted by Crippen LogP contribution is 2.27. The van der Waals surface area contributed by atoms with Crippen LogP contribution in [0.5, 0.6) is 0 Å². The van der Waals surface area contributed by atoms with Gasteiger partial charge in [0.05, 0.1) is 11.1 Å². The van der Waals surface area contributed by atoms with Crippen molar-refractivity contribution in [3.63, 3.8) is 0 Å². The minimum Gasteiger partial charge on any atom is -0.478 e. The molecule has 2 aliphatic rings. The van der Waals surface area contributed by atoms with E-state index in [9.17, 15) is 18.8 Å². The van der Waals surface area contributed by atoms with E-state index in [4.69, 9.17) is 5.11 Å². The summed E-state index contributed by atoms with van der Waals surface area (Å²) in [6, 6.07) is 3.30. The van der Waals surface area contributed by atoms with Crippen LogP contribution < -0.4 is 0 Å². The summed E-state index contributed by atoms with van der Waals surface area (Å²) in [4.78, 5) is 39.2. The van der Waals surface area contributed by atoms with Gasteiger partial charge in [-0.3, -0.25) is 9.59 Å². The van der Waals surface area contributed by atoms with Crippen LogP contribution in [-0.4, -0.2) is 58.9 Å². The SMILES string of the molecule is O=C(O)c1ccc(C(=O)N2CCN(C(=O)CC3CCCCC3)CC2)c(F)c1. The molecule has 1 saturated heterocycles. The maximum atomic E-state index is 14.1. The summed E-state index contributed by atoms with van der Waals surface area (Å²) in [5, 5.41) is 8.89. The smallest absolute Gasteiger partial charge is 0.335 e. The monoisotopic (exact) mass is 376 g/mol. The van der Waals surface area contributed by atoms with E-state index in [0.717, 1.165) is 18.9 Å². The summed E-state index contributed by atoms with van der Waals surface area (Å²) in [6.07, 6.45) is 6.49. The van der Waals surface area contributed by atoms with Crippen LogP contribution >= 0.6 is 0 Å². The van der Waals surface area contributed by atoms with Crippen LogP contribution in [-0.2, 0) is 4.79 Å². The first-order valence-electron chi connectivity index (χ1n) is 9.55. The van der Waals surface area contributed by atoms with E-state index in [1.165, 1.54) is 36.3 Å². The van der Waals surface area contributed by atoms with Crippen LogP contribution in [0, 0.1) is 11.7 Å². The van der Waals surface area contributed by atoms with Crippen LogP contribution in [0.1, 0.15) is 59.2 Å². The molecule has 7 heteroatoms. The van der Waals surface area contributed by atoms with Crippen molar-refractivity contribution in [3.05, 3.63) is 35.1 Å². The van der Waals surface area contributed by atoms with E-state index in [2.05, 4.69) is 0 Å². The fraction of sp³-hybridized carbons (Fsp3) is 0.550. The number of carbonyl (C=O) groups excluding carboxylic acids is 2. The van der Waals surface area contributed by atoms with Crippen molar-refractivity contribution < 1.29 is 23.9 Å².